The second-order valence-electron chi connectivity index (χ2n) is 6.16. The molecule has 0 radical (unpaired) electrons. The molecule has 1 N–H and O–H groups in total. The predicted molar refractivity (Wildman–Crippen MR) is 85.5 cm³/mol. The Labute approximate surface area is 127 Å². The van der Waals surface area contributed by atoms with E-state index in [1.165, 1.54) is 38.8 Å². The Morgan fingerprint density at radius 3 is 2.62 bits per heavy atom. The molecule has 5 heteroatoms. The highest BCUT2D eigenvalue weighted by atomic mass is 15.3. The van der Waals surface area contributed by atoms with Crippen LogP contribution in [0.1, 0.15) is 38.2 Å². The zero-order chi connectivity index (χ0) is 14.5. The maximum atomic E-state index is 4.55. The molecule has 2 aliphatic rings. The van der Waals surface area contributed by atoms with Gasteiger partial charge in [-0.25, -0.2) is 9.97 Å². The Bertz CT molecular complexity index is 427. The van der Waals surface area contributed by atoms with E-state index >= 15 is 0 Å². The zero-order valence-electron chi connectivity index (χ0n) is 13.1. The van der Waals surface area contributed by atoms with Crippen LogP contribution in [0.5, 0.6) is 0 Å². The second kappa shape index (κ2) is 7.18. The third kappa shape index (κ3) is 3.71. The van der Waals surface area contributed by atoms with Crippen molar-refractivity contribution in [3.05, 3.63) is 18.0 Å². The Kier molecular flexibility index (Phi) is 5.04. The Balaban J connectivity index is 1.55. The molecule has 3 rings (SSSR count). The third-order valence-corrected chi connectivity index (χ3v) is 4.62. The van der Waals surface area contributed by atoms with Crippen molar-refractivity contribution in [2.75, 3.05) is 37.6 Å². The van der Waals surface area contributed by atoms with Gasteiger partial charge in [0.1, 0.15) is 0 Å². The van der Waals surface area contributed by atoms with E-state index in [-0.39, 0.29) is 0 Å². The van der Waals surface area contributed by atoms with Crippen LogP contribution >= 0.6 is 0 Å². The molecule has 21 heavy (non-hydrogen) atoms. The van der Waals surface area contributed by atoms with E-state index in [1.54, 1.807) is 0 Å². The van der Waals surface area contributed by atoms with Gasteiger partial charge in [-0.05, 0) is 38.9 Å². The van der Waals surface area contributed by atoms with Gasteiger partial charge in [-0.3, -0.25) is 4.90 Å². The van der Waals surface area contributed by atoms with Gasteiger partial charge in [-0.2, -0.15) is 0 Å². The molecule has 2 fully saturated rings. The fourth-order valence-corrected chi connectivity index (χ4v) is 3.38. The fourth-order valence-electron chi connectivity index (χ4n) is 3.38. The molecule has 1 aromatic rings. The molecule has 2 saturated heterocycles. The summed E-state index contributed by atoms with van der Waals surface area (Å²) in [5.74, 6) is 0.898. The van der Waals surface area contributed by atoms with Crippen molar-refractivity contribution in [3.63, 3.8) is 0 Å². The van der Waals surface area contributed by atoms with E-state index in [2.05, 4.69) is 32.0 Å². The van der Waals surface area contributed by atoms with Crippen molar-refractivity contribution in [2.24, 2.45) is 0 Å². The van der Waals surface area contributed by atoms with Crippen LogP contribution in [0.15, 0.2) is 12.4 Å². The number of nitrogens with one attached hydrogen (secondary N) is 1. The van der Waals surface area contributed by atoms with Crippen LogP contribution in [0, 0.1) is 0 Å². The summed E-state index contributed by atoms with van der Waals surface area (Å²) in [7, 11) is 0. The van der Waals surface area contributed by atoms with Crippen LogP contribution in [-0.4, -0.2) is 53.6 Å². The lowest BCUT2D eigenvalue weighted by Crippen LogP contribution is -2.41. The molecular weight excluding hydrogens is 262 g/mol. The third-order valence-electron chi connectivity index (χ3n) is 4.62. The standard InChI is InChI=1S/C16H27N5/c1-2-17-10-14-11-18-16(19-12-14)21-9-6-15(13-21)20-7-4-3-5-8-20/h11-12,15,17H,2-10,13H2,1H3. The maximum Gasteiger partial charge on any atom is 0.225 e. The molecule has 0 bridgehead atoms. The van der Waals surface area contributed by atoms with Crippen LogP contribution in [-0.2, 0) is 6.54 Å². The minimum Gasteiger partial charge on any atom is -0.339 e. The van der Waals surface area contributed by atoms with Gasteiger partial charge in [0.25, 0.3) is 0 Å². The minimum atomic E-state index is 0.704. The van der Waals surface area contributed by atoms with E-state index in [4.69, 9.17) is 0 Å². The molecule has 2 aliphatic heterocycles. The highest BCUT2D eigenvalue weighted by Crippen LogP contribution is 2.22. The Morgan fingerprint density at radius 2 is 1.90 bits per heavy atom. The Hall–Kier alpha value is -1.20. The van der Waals surface area contributed by atoms with Crippen molar-refractivity contribution in [3.8, 4) is 0 Å². The lowest BCUT2D eigenvalue weighted by atomic mass is 10.1. The number of piperidine rings is 1. The molecule has 1 unspecified atom stereocenters. The average Bonchev–Trinajstić information content (AvgIpc) is 3.04. The number of nitrogens with zero attached hydrogens (tertiary/aromatic N) is 4. The molecule has 0 spiro atoms. The van der Waals surface area contributed by atoms with Crippen LogP contribution in [0.3, 0.4) is 0 Å². The molecular formula is C16H27N5. The summed E-state index contributed by atoms with van der Waals surface area (Å²) in [6.45, 7) is 8.68. The van der Waals surface area contributed by atoms with Crippen molar-refractivity contribution in [1.82, 2.24) is 20.2 Å². The van der Waals surface area contributed by atoms with Crippen LogP contribution in [0.2, 0.25) is 0 Å². The van der Waals surface area contributed by atoms with Gasteiger partial charge in [-0.15, -0.1) is 0 Å². The summed E-state index contributed by atoms with van der Waals surface area (Å²) in [5, 5.41) is 3.30. The predicted octanol–water partition coefficient (Wildman–Crippen LogP) is 1.65. The van der Waals surface area contributed by atoms with Gasteiger partial charge >= 0.3 is 0 Å². The first-order valence-corrected chi connectivity index (χ1v) is 8.37. The first-order chi connectivity index (χ1) is 10.4. The van der Waals surface area contributed by atoms with Crippen molar-refractivity contribution < 1.29 is 0 Å². The number of hydrogen-bond acceptors (Lipinski definition) is 5. The smallest absolute Gasteiger partial charge is 0.225 e. The summed E-state index contributed by atoms with van der Waals surface area (Å²) in [6.07, 6.45) is 9.31. The number of likely N-dealkylation sites (tertiary alicyclic amines) is 1. The fraction of sp³-hybridized carbons (Fsp3) is 0.750. The van der Waals surface area contributed by atoms with E-state index in [9.17, 15) is 0 Å². The lowest BCUT2D eigenvalue weighted by molar-refractivity contribution is 0.174. The quantitative estimate of drug-likeness (QED) is 0.893. The van der Waals surface area contributed by atoms with Gasteiger partial charge < -0.3 is 10.2 Å². The van der Waals surface area contributed by atoms with Crippen LogP contribution in [0.25, 0.3) is 0 Å². The summed E-state index contributed by atoms with van der Waals surface area (Å²) in [4.78, 5) is 14.1. The SMILES string of the molecule is CCNCc1cnc(N2CCC(N3CCCCC3)C2)nc1. The van der Waals surface area contributed by atoms with E-state index in [1.807, 2.05) is 12.4 Å². The molecule has 1 aromatic heterocycles. The van der Waals surface area contributed by atoms with E-state index < -0.39 is 0 Å². The number of aromatic nitrogens is 2. The van der Waals surface area contributed by atoms with Crippen molar-refractivity contribution >= 4 is 5.95 Å². The monoisotopic (exact) mass is 289 g/mol. The average molecular weight is 289 g/mol. The number of anilines is 1. The van der Waals surface area contributed by atoms with Gasteiger partial charge in [0.05, 0.1) is 0 Å². The minimum absolute atomic E-state index is 0.704. The zero-order valence-corrected chi connectivity index (χ0v) is 13.1. The van der Waals surface area contributed by atoms with Crippen molar-refractivity contribution in [1.29, 1.82) is 0 Å². The topological polar surface area (TPSA) is 44.3 Å². The molecule has 116 valence electrons. The molecule has 3 heterocycles. The Morgan fingerprint density at radius 1 is 1.14 bits per heavy atom. The summed E-state index contributed by atoms with van der Waals surface area (Å²) in [5.41, 5.74) is 1.16. The van der Waals surface area contributed by atoms with Gasteiger partial charge in [0, 0.05) is 43.6 Å². The van der Waals surface area contributed by atoms with Gasteiger partial charge in [-0.1, -0.05) is 13.3 Å². The van der Waals surface area contributed by atoms with E-state index in [0.717, 1.165) is 37.7 Å². The molecule has 0 saturated carbocycles. The van der Waals surface area contributed by atoms with Gasteiger partial charge in [0.15, 0.2) is 0 Å². The number of hydrogen-bond donors (Lipinski definition) is 1. The molecule has 0 aromatic carbocycles. The molecule has 0 aliphatic carbocycles. The second-order valence-corrected chi connectivity index (χ2v) is 6.16. The first-order valence-electron chi connectivity index (χ1n) is 8.37. The highest BCUT2D eigenvalue weighted by molar-refractivity contribution is 5.32. The van der Waals surface area contributed by atoms with Crippen molar-refractivity contribution in [2.45, 2.75) is 45.2 Å². The molecule has 5 nitrogen and oxygen atoms in total. The molecule has 1 atom stereocenters. The summed E-state index contributed by atoms with van der Waals surface area (Å²) in [6, 6.07) is 0.704. The summed E-state index contributed by atoms with van der Waals surface area (Å²) < 4.78 is 0. The largest absolute Gasteiger partial charge is 0.339 e. The van der Waals surface area contributed by atoms with Crippen LogP contribution < -0.4 is 10.2 Å². The molecule has 0 amide bonds. The lowest BCUT2D eigenvalue weighted by Gasteiger charge is -2.32. The highest BCUT2D eigenvalue weighted by Gasteiger charge is 2.29. The normalized spacial score (nSPS) is 23.7. The van der Waals surface area contributed by atoms with Gasteiger partial charge in [0.2, 0.25) is 5.95 Å². The summed E-state index contributed by atoms with van der Waals surface area (Å²) >= 11 is 0. The maximum absolute atomic E-state index is 4.55. The van der Waals surface area contributed by atoms with Crippen LogP contribution in [0.4, 0.5) is 5.95 Å². The van der Waals surface area contributed by atoms with E-state index in [0.29, 0.717) is 6.04 Å². The number of rotatable bonds is 5. The first kappa shape index (κ1) is 14.7.